The Balaban J connectivity index is 2.19. The number of thioether (sulfide) groups is 1. The maximum atomic E-state index is 11.2. The minimum atomic E-state index is -0.577. The molecule has 0 saturated carbocycles. The molecule has 7 heteroatoms. The predicted molar refractivity (Wildman–Crippen MR) is 132 cm³/mol. The fraction of sp³-hybridized carbons (Fsp3) is 0.375. The Morgan fingerprint density at radius 1 is 1.16 bits per heavy atom. The molecule has 0 aliphatic carbocycles. The molecule has 0 atom stereocenters. The smallest absolute Gasteiger partial charge is 0.267 e. The summed E-state index contributed by atoms with van der Waals surface area (Å²) >= 11 is 1.86. The first kappa shape index (κ1) is 24.8. The molecule has 4 N–H and O–H groups in total. The van der Waals surface area contributed by atoms with E-state index in [0.29, 0.717) is 5.69 Å². The molecule has 1 amide bonds. The van der Waals surface area contributed by atoms with Gasteiger partial charge in [0.25, 0.3) is 5.91 Å². The topological polar surface area (TPSA) is 81.8 Å². The average Bonchev–Trinajstić information content (AvgIpc) is 2.71. The zero-order chi connectivity index (χ0) is 22.9. The van der Waals surface area contributed by atoms with E-state index in [1.54, 1.807) is 11.6 Å². The summed E-state index contributed by atoms with van der Waals surface area (Å²) in [7, 11) is 4.18. The molecule has 0 bridgehead atoms. The summed E-state index contributed by atoms with van der Waals surface area (Å²) in [6.45, 7) is 6.36. The van der Waals surface area contributed by atoms with Gasteiger partial charge in [-0.2, -0.15) is 0 Å². The Morgan fingerprint density at radius 3 is 2.48 bits per heavy atom. The summed E-state index contributed by atoms with van der Waals surface area (Å²) in [6, 6.07) is 16.2. The van der Waals surface area contributed by atoms with E-state index < -0.39 is 5.91 Å². The summed E-state index contributed by atoms with van der Waals surface area (Å²) in [6.07, 6.45) is 2.89. The van der Waals surface area contributed by atoms with E-state index in [9.17, 15) is 4.79 Å². The second-order valence-corrected chi connectivity index (χ2v) is 9.65. The van der Waals surface area contributed by atoms with Crippen molar-refractivity contribution in [1.29, 1.82) is 0 Å². The van der Waals surface area contributed by atoms with E-state index in [1.165, 1.54) is 11.6 Å². The van der Waals surface area contributed by atoms with Crippen molar-refractivity contribution in [2.75, 3.05) is 43.7 Å². The van der Waals surface area contributed by atoms with Gasteiger partial charge in [0.1, 0.15) is 0 Å². The fourth-order valence-corrected chi connectivity index (χ4v) is 4.62. The molecule has 0 spiro atoms. The number of rotatable bonds is 11. The number of hydrogen-bond donors (Lipinski definition) is 3. The van der Waals surface area contributed by atoms with Crippen LogP contribution in [0.4, 0.5) is 11.4 Å². The van der Waals surface area contributed by atoms with Crippen LogP contribution in [0.1, 0.15) is 25.0 Å². The highest BCUT2D eigenvalue weighted by Crippen LogP contribution is 2.31. The van der Waals surface area contributed by atoms with Crippen LogP contribution in [-0.2, 0) is 10.5 Å². The number of nitrogens with zero attached hydrogens (tertiary/aromatic N) is 2. The largest absolute Gasteiger partial charge is 0.397 e. The van der Waals surface area contributed by atoms with Gasteiger partial charge in [-0.1, -0.05) is 50.2 Å². The summed E-state index contributed by atoms with van der Waals surface area (Å²) in [5, 5.41) is 8.63. The Morgan fingerprint density at radius 2 is 1.87 bits per heavy atom. The SMILES string of the molecule is CN(C)CC(C)(C)CN(CSCc1ccccc1)c1ccc(/C=C/C(=O)NO)cc1N. The first-order valence-electron chi connectivity index (χ1n) is 10.2. The summed E-state index contributed by atoms with van der Waals surface area (Å²) < 4.78 is 0. The van der Waals surface area contributed by atoms with Crippen molar-refractivity contribution in [3.8, 4) is 0 Å². The van der Waals surface area contributed by atoms with Gasteiger partial charge >= 0.3 is 0 Å². The Kier molecular flexibility index (Phi) is 9.43. The van der Waals surface area contributed by atoms with Crippen LogP contribution in [0.2, 0.25) is 0 Å². The van der Waals surface area contributed by atoms with Gasteiger partial charge in [-0.05, 0) is 48.8 Å². The number of nitrogen functional groups attached to an aromatic ring is 1. The number of amides is 1. The van der Waals surface area contributed by atoms with Gasteiger partial charge < -0.3 is 15.5 Å². The molecule has 0 aliphatic rings. The van der Waals surface area contributed by atoms with Crippen molar-refractivity contribution in [1.82, 2.24) is 10.4 Å². The average molecular weight is 443 g/mol. The maximum Gasteiger partial charge on any atom is 0.267 e. The molecular formula is C24H34N4O2S. The number of anilines is 2. The summed E-state index contributed by atoms with van der Waals surface area (Å²) in [5.41, 5.74) is 11.8. The Hall–Kier alpha value is -2.48. The van der Waals surface area contributed by atoms with Crippen LogP contribution in [0.3, 0.4) is 0 Å². The van der Waals surface area contributed by atoms with Crippen LogP contribution in [0, 0.1) is 5.41 Å². The molecule has 0 fully saturated rings. The molecule has 0 unspecified atom stereocenters. The van der Waals surface area contributed by atoms with Crippen molar-refractivity contribution >= 4 is 35.1 Å². The van der Waals surface area contributed by atoms with Crippen LogP contribution in [0.5, 0.6) is 0 Å². The third kappa shape index (κ3) is 8.65. The second kappa shape index (κ2) is 11.8. The number of carbonyl (C=O) groups is 1. The number of nitrogens with one attached hydrogen (secondary N) is 1. The van der Waals surface area contributed by atoms with Crippen molar-refractivity contribution in [2.24, 2.45) is 5.41 Å². The van der Waals surface area contributed by atoms with Crippen LogP contribution in [0.15, 0.2) is 54.6 Å². The lowest BCUT2D eigenvalue weighted by atomic mass is 9.92. The number of hydrogen-bond acceptors (Lipinski definition) is 6. The van der Waals surface area contributed by atoms with E-state index in [-0.39, 0.29) is 5.41 Å². The zero-order valence-corrected chi connectivity index (χ0v) is 19.7. The standard InChI is InChI=1S/C24H34N4O2S/c1-24(2,16-27(3)4)17-28(18-31-15-20-8-6-5-7-9-20)22-12-10-19(14-21(22)25)11-13-23(29)26-30/h5-14,30H,15-18,25H2,1-4H3,(H,26,29)/b13-11+. The van der Waals surface area contributed by atoms with Gasteiger partial charge in [0.15, 0.2) is 0 Å². The van der Waals surface area contributed by atoms with E-state index >= 15 is 0 Å². The number of benzene rings is 2. The first-order chi connectivity index (χ1) is 14.7. The molecule has 0 radical (unpaired) electrons. The quantitative estimate of drug-likeness (QED) is 0.160. The van der Waals surface area contributed by atoms with Crippen LogP contribution >= 0.6 is 11.8 Å². The highest BCUT2D eigenvalue weighted by atomic mass is 32.2. The van der Waals surface area contributed by atoms with Crippen molar-refractivity contribution < 1.29 is 10.0 Å². The third-order valence-corrected chi connectivity index (χ3v) is 5.68. The molecule has 0 saturated heterocycles. The first-order valence-corrected chi connectivity index (χ1v) is 11.4. The third-order valence-electron chi connectivity index (χ3n) is 4.65. The normalized spacial score (nSPS) is 11.8. The lowest BCUT2D eigenvalue weighted by Crippen LogP contribution is -2.40. The molecule has 168 valence electrons. The van der Waals surface area contributed by atoms with Crippen molar-refractivity contribution in [2.45, 2.75) is 19.6 Å². The monoisotopic (exact) mass is 442 g/mol. The minimum absolute atomic E-state index is 0.0705. The van der Waals surface area contributed by atoms with E-state index in [1.807, 2.05) is 36.0 Å². The Labute approximate surface area is 190 Å². The molecule has 0 aliphatic heterocycles. The molecule has 2 rings (SSSR count). The molecule has 2 aromatic rings. The predicted octanol–water partition coefficient (Wildman–Crippen LogP) is 4.07. The molecule has 6 nitrogen and oxygen atoms in total. The van der Waals surface area contributed by atoms with Crippen LogP contribution in [0.25, 0.3) is 6.08 Å². The fourth-order valence-electron chi connectivity index (χ4n) is 3.64. The summed E-state index contributed by atoms with van der Waals surface area (Å²) in [4.78, 5) is 15.8. The van der Waals surface area contributed by atoms with Gasteiger partial charge in [0.2, 0.25) is 0 Å². The minimum Gasteiger partial charge on any atom is -0.397 e. The molecule has 0 heterocycles. The highest BCUT2D eigenvalue weighted by Gasteiger charge is 2.24. The van der Waals surface area contributed by atoms with Gasteiger partial charge in [0.05, 0.1) is 17.3 Å². The van der Waals surface area contributed by atoms with Gasteiger partial charge in [0, 0.05) is 24.9 Å². The number of nitrogens with two attached hydrogens (primary N) is 1. The second-order valence-electron chi connectivity index (χ2n) is 8.69. The van der Waals surface area contributed by atoms with E-state index in [0.717, 1.165) is 36.0 Å². The highest BCUT2D eigenvalue weighted by molar-refractivity contribution is 7.98. The Bertz CT molecular complexity index is 869. The molecular weight excluding hydrogens is 408 g/mol. The van der Waals surface area contributed by atoms with Crippen LogP contribution < -0.4 is 16.1 Å². The molecule has 2 aromatic carbocycles. The number of carbonyl (C=O) groups excluding carboxylic acids is 1. The van der Waals surface area contributed by atoms with Crippen molar-refractivity contribution in [3.63, 3.8) is 0 Å². The number of hydroxylamine groups is 1. The van der Waals surface area contributed by atoms with Crippen LogP contribution in [-0.4, -0.2) is 49.1 Å². The van der Waals surface area contributed by atoms with Gasteiger partial charge in [-0.25, -0.2) is 5.48 Å². The van der Waals surface area contributed by atoms with Gasteiger partial charge in [-0.3, -0.25) is 10.0 Å². The van der Waals surface area contributed by atoms with Crippen molar-refractivity contribution in [3.05, 3.63) is 65.7 Å². The summed E-state index contributed by atoms with van der Waals surface area (Å²) in [5.74, 6) is 1.17. The maximum absolute atomic E-state index is 11.2. The molecule has 0 aromatic heterocycles. The van der Waals surface area contributed by atoms with Gasteiger partial charge in [-0.15, -0.1) is 11.8 Å². The molecule has 31 heavy (non-hydrogen) atoms. The van der Waals surface area contributed by atoms with E-state index in [2.05, 4.69) is 62.0 Å². The van der Waals surface area contributed by atoms with E-state index in [4.69, 9.17) is 10.9 Å². The lowest BCUT2D eigenvalue weighted by Gasteiger charge is -2.36. The zero-order valence-electron chi connectivity index (χ0n) is 18.8. The lowest BCUT2D eigenvalue weighted by molar-refractivity contribution is -0.124.